The van der Waals surface area contributed by atoms with Crippen molar-refractivity contribution in [2.45, 2.75) is 219 Å². The van der Waals surface area contributed by atoms with Gasteiger partial charge in [0, 0.05) is 19.4 Å². The Labute approximate surface area is 284 Å². The van der Waals surface area contributed by atoms with Gasteiger partial charge in [0.15, 0.2) is 5.79 Å². The van der Waals surface area contributed by atoms with Crippen LogP contribution < -0.4 is 0 Å². The fourth-order valence-electron chi connectivity index (χ4n) is 7.48. The molecule has 4 unspecified atom stereocenters. The Morgan fingerprint density at radius 1 is 0.622 bits per heavy atom. The fourth-order valence-corrected chi connectivity index (χ4v) is 7.48. The topological polar surface area (TPSA) is 21.7 Å². The van der Waals surface area contributed by atoms with Gasteiger partial charge in [-0.1, -0.05) is 175 Å². The predicted molar refractivity (Wildman–Crippen MR) is 200 cm³/mol. The molecule has 1 aliphatic rings. The van der Waals surface area contributed by atoms with Crippen LogP contribution in [0.4, 0.5) is 0 Å². The molecule has 1 fully saturated rings. The Balaban J connectivity index is 2.14. The Morgan fingerprint density at radius 3 is 1.64 bits per heavy atom. The first-order chi connectivity index (χ1) is 22.0. The minimum Gasteiger partial charge on any atom is -0.347 e. The average molecular weight is 634 g/mol. The number of likely N-dealkylation sites (N-methyl/N-ethyl adjacent to an activating group) is 1. The van der Waals surface area contributed by atoms with E-state index in [9.17, 15) is 0 Å². The highest BCUT2D eigenvalue weighted by atomic mass is 16.7. The molecule has 45 heavy (non-hydrogen) atoms. The zero-order chi connectivity index (χ0) is 32.9. The van der Waals surface area contributed by atoms with Crippen molar-refractivity contribution in [2.24, 2.45) is 11.8 Å². The molecule has 0 amide bonds. The number of rotatable bonds is 33. The predicted octanol–water partition coefficient (Wildman–Crippen LogP) is 13.5. The number of unbranched alkanes of at least 4 members (excludes halogenated alkanes) is 18. The molecule has 4 atom stereocenters. The summed E-state index contributed by atoms with van der Waals surface area (Å²) in [6.07, 6.45) is 42.9. The van der Waals surface area contributed by atoms with Crippen LogP contribution in [0.5, 0.6) is 0 Å². The lowest BCUT2D eigenvalue weighted by molar-refractivity contribution is -0.180. The molecule has 0 aromatic rings. The second kappa shape index (κ2) is 29.7. The fraction of sp³-hybridized carbons (Fsp3) is 0.952. The van der Waals surface area contributed by atoms with Crippen LogP contribution in [0, 0.1) is 11.8 Å². The van der Waals surface area contributed by atoms with E-state index in [4.69, 9.17) is 9.47 Å². The van der Waals surface area contributed by atoms with E-state index in [1.165, 1.54) is 167 Å². The number of nitrogens with zero attached hydrogens (tertiary/aromatic N) is 1. The van der Waals surface area contributed by atoms with Crippen LogP contribution in [0.1, 0.15) is 207 Å². The monoisotopic (exact) mass is 634 g/mol. The van der Waals surface area contributed by atoms with E-state index < -0.39 is 0 Å². The highest BCUT2D eigenvalue weighted by Crippen LogP contribution is 2.35. The standard InChI is InChI=1S/C42H83NO2/c1-7-10-13-14-15-16-21-24-27-30-35-42(44-38-41(45-42)37-43(5)6)36-31-28-25-22-19-17-18-20-23-26-29-34-40(33-12-9-3)39(4)32-11-8-2/h10,13,39-41H,7-9,11-12,14-38H2,1-6H3. The quantitative estimate of drug-likeness (QED) is 0.0530. The van der Waals surface area contributed by atoms with E-state index in [-0.39, 0.29) is 11.9 Å². The van der Waals surface area contributed by atoms with Gasteiger partial charge in [0.1, 0.15) is 0 Å². The van der Waals surface area contributed by atoms with E-state index in [2.05, 4.69) is 58.8 Å². The molecule has 1 heterocycles. The van der Waals surface area contributed by atoms with E-state index >= 15 is 0 Å². The number of allylic oxidation sites excluding steroid dienone is 2. The normalized spacial score (nSPS) is 20.1. The second-order valence-corrected chi connectivity index (χ2v) is 15.2. The van der Waals surface area contributed by atoms with Crippen molar-refractivity contribution in [3.63, 3.8) is 0 Å². The summed E-state index contributed by atoms with van der Waals surface area (Å²) in [5.74, 6) is 1.61. The van der Waals surface area contributed by atoms with Gasteiger partial charge in [0.25, 0.3) is 0 Å². The summed E-state index contributed by atoms with van der Waals surface area (Å²) in [6, 6.07) is 0. The van der Waals surface area contributed by atoms with Crippen molar-refractivity contribution in [3.8, 4) is 0 Å². The second-order valence-electron chi connectivity index (χ2n) is 15.2. The van der Waals surface area contributed by atoms with Crippen LogP contribution in [0.15, 0.2) is 12.2 Å². The van der Waals surface area contributed by atoms with Crippen molar-refractivity contribution in [3.05, 3.63) is 12.2 Å². The van der Waals surface area contributed by atoms with Crippen LogP contribution in [0.2, 0.25) is 0 Å². The van der Waals surface area contributed by atoms with Gasteiger partial charge in [0.05, 0.1) is 12.7 Å². The minimum atomic E-state index is -0.310. The van der Waals surface area contributed by atoms with Crippen LogP contribution in [0.3, 0.4) is 0 Å². The first-order valence-corrected chi connectivity index (χ1v) is 20.6. The highest BCUT2D eigenvalue weighted by Gasteiger charge is 2.40. The summed E-state index contributed by atoms with van der Waals surface area (Å²) in [6.45, 7) is 11.2. The molecule has 0 N–H and O–H groups in total. The van der Waals surface area contributed by atoms with Gasteiger partial charge in [-0.3, -0.25) is 0 Å². The van der Waals surface area contributed by atoms with E-state index in [1.54, 1.807) is 0 Å². The van der Waals surface area contributed by atoms with Crippen molar-refractivity contribution in [2.75, 3.05) is 27.2 Å². The summed E-state index contributed by atoms with van der Waals surface area (Å²) in [5.41, 5.74) is 0. The zero-order valence-electron chi connectivity index (χ0n) is 31.9. The van der Waals surface area contributed by atoms with Gasteiger partial charge in [-0.2, -0.15) is 0 Å². The van der Waals surface area contributed by atoms with Gasteiger partial charge >= 0.3 is 0 Å². The lowest BCUT2D eigenvalue weighted by Crippen LogP contribution is -2.33. The Bertz CT molecular complexity index is 649. The maximum atomic E-state index is 6.63. The smallest absolute Gasteiger partial charge is 0.168 e. The first kappa shape index (κ1) is 42.6. The molecule has 0 saturated carbocycles. The summed E-state index contributed by atoms with van der Waals surface area (Å²) in [5, 5.41) is 0. The molecule has 0 aliphatic carbocycles. The Morgan fingerprint density at radius 2 is 1.11 bits per heavy atom. The van der Waals surface area contributed by atoms with Gasteiger partial charge in [-0.05, 0) is 58.0 Å². The molecule has 0 bridgehead atoms. The molecule has 1 saturated heterocycles. The molecule has 0 aromatic carbocycles. The molecule has 1 aliphatic heterocycles. The third-order valence-electron chi connectivity index (χ3n) is 10.4. The van der Waals surface area contributed by atoms with Gasteiger partial charge in [-0.25, -0.2) is 0 Å². The number of hydrogen-bond acceptors (Lipinski definition) is 3. The molecule has 1 rings (SSSR count). The van der Waals surface area contributed by atoms with Crippen LogP contribution in [0.25, 0.3) is 0 Å². The summed E-state index contributed by atoms with van der Waals surface area (Å²) >= 11 is 0. The molecule has 0 radical (unpaired) electrons. The van der Waals surface area contributed by atoms with Gasteiger partial charge in [0.2, 0.25) is 0 Å². The largest absolute Gasteiger partial charge is 0.347 e. The molecule has 3 nitrogen and oxygen atoms in total. The number of hydrogen-bond donors (Lipinski definition) is 0. The van der Waals surface area contributed by atoms with Gasteiger partial charge in [-0.15, -0.1) is 0 Å². The van der Waals surface area contributed by atoms with Crippen LogP contribution >= 0.6 is 0 Å². The molecular formula is C42H83NO2. The minimum absolute atomic E-state index is 0.230. The first-order valence-electron chi connectivity index (χ1n) is 20.6. The highest BCUT2D eigenvalue weighted by molar-refractivity contribution is 4.81. The third-order valence-corrected chi connectivity index (χ3v) is 10.4. The SMILES string of the molecule is CCC=CCCCCCCCCC1(CCCCCCCCCCCCCC(CCCC)C(C)CCCC)OCC(CN(C)C)O1. The molecule has 3 heteroatoms. The molecule has 268 valence electrons. The zero-order valence-corrected chi connectivity index (χ0v) is 31.9. The molecule has 0 aromatic heterocycles. The van der Waals surface area contributed by atoms with Crippen molar-refractivity contribution >= 4 is 0 Å². The Hall–Kier alpha value is -0.380. The molecule has 0 spiro atoms. The van der Waals surface area contributed by atoms with Crippen LogP contribution in [-0.4, -0.2) is 44.0 Å². The van der Waals surface area contributed by atoms with E-state index in [0.717, 1.165) is 37.8 Å². The Kier molecular flexibility index (Phi) is 28.2. The summed E-state index contributed by atoms with van der Waals surface area (Å²) < 4.78 is 13.1. The van der Waals surface area contributed by atoms with Crippen molar-refractivity contribution < 1.29 is 9.47 Å². The van der Waals surface area contributed by atoms with E-state index in [0.29, 0.717) is 0 Å². The van der Waals surface area contributed by atoms with Gasteiger partial charge < -0.3 is 14.4 Å². The molecular weight excluding hydrogens is 550 g/mol. The van der Waals surface area contributed by atoms with Crippen molar-refractivity contribution in [1.82, 2.24) is 4.90 Å². The van der Waals surface area contributed by atoms with E-state index in [1.807, 2.05) is 0 Å². The average Bonchev–Trinajstić information content (AvgIpc) is 3.42. The maximum absolute atomic E-state index is 6.63. The van der Waals surface area contributed by atoms with Crippen LogP contribution in [-0.2, 0) is 9.47 Å². The number of ether oxygens (including phenoxy) is 2. The summed E-state index contributed by atoms with van der Waals surface area (Å²) in [7, 11) is 4.28. The lowest BCUT2D eigenvalue weighted by atomic mass is 9.82. The third kappa shape index (κ3) is 23.6. The van der Waals surface area contributed by atoms with Crippen molar-refractivity contribution in [1.29, 1.82) is 0 Å². The summed E-state index contributed by atoms with van der Waals surface area (Å²) in [4.78, 5) is 2.24. The lowest BCUT2D eigenvalue weighted by Gasteiger charge is -2.29. The maximum Gasteiger partial charge on any atom is 0.168 e.